The number of hydrogen-bond donors (Lipinski definition) is 2. The van der Waals surface area contributed by atoms with Gasteiger partial charge in [-0.25, -0.2) is 4.39 Å². The monoisotopic (exact) mass is 447 g/mol. The summed E-state index contributed by atoms with van der Waals surface area (Å²) in [5.41, 5.74) is 7.50. The van der Waals surface area contributed by atoms with Crippen LogP contribution >= 0.6 is 0 Å². The third-order valence-corrected chi connectivity index (χ3v) is 4.73. The van der Waals surface area contributed by atoms with Crippen molar-refractivity contribution < 1.29 is 32.5 Å². The zero-order valence-corrected chi connectivity index (χ0v) is 17.5. The van der Waals surface area contributed by atoms with Gasteiger partial charge in [-0.05, 0) is 59.5 Å². The summed E-state index contributed by atoms with van der Waals surface area (Å²) >= 11 is 0. The van der Waals surface area contributed by atoms with Gasteiger partial charge in [-0.2, -0.15) is 8.78 Å². The highest BCUT2D eigenvalue weighted by molar-refractivity contribution is 5.66. The van der Waals surface area contributed by atoms with E-state index in [4.69, 9.17) is 20.3 Å². The summed E-state index contributed by atoms with van der Waals surface area (Å²) in [5.74, 6) is -0.926. The molecule has 0 bridgehead atoms. The molecular formula is C24H24F3NO4. The number of halogens is 3. The molecule has 0 aliphatic carbocycles. The van der Waals surface area contributed by atoms with Crippen LogP contribution in [0.5, 0.6) is 11.5 Å². The molecule has 5 nitrogen and oxygen atoms in total. The zero-order valence-electron chi connectivity index (χ0n) is 17.5. The third kappa shape index (κ3) is 5.72. The highest BCUT2D eigenvalue weighted by Gasteiger charge is 2.35. The molecule has 0 aliphatic rings. The third-order valence-electron chi connectivity index (χ3n) is 4.73. The fraction of sp³-hybridized carbons (Fsp3) is 0.250. The summed E-state index contributed by atoms with van der Waals surface area (Å²) in [6.07, 6.45) is -3.15. The molecule has 3 N–H and O–H groups in total. The Morgan fingerprint density at radius 1 is 0.906 bits per heavy atom. The van der Waals surface area contributed by atoms with E-state index in [1.165, 1.54) is 30.3 Å². The topological polar surface area (TPSA) is 73.9 Å². The van der Waals surface area contributed by atoms with Gasteiger partial charge in [0.25, 0.3) is 0 Å². The van der Waals surface area contributed by atoms with Crippen molar-refractivity contribution in [3.63, 3.8) is 0 Å². The maximum atomic E-state index is 14.6. The molecule has 3 aromatic carbocycles. The van der Waals surface area contributed by atoms with Gasteiger partial charge in [0, 0.05) is 18.9 Å². The van der Waals surface area contributed by atoms with Crippen molar-refractivity contribution in [2.24, 2.45) is 0 Å². The van der Waals surface area contributed by atoms with Crippen LogP contribution in [0.3, 0.4) is 0 Å². The van der Waals surface area contributed by atoms with Crippen LogP contribution in [0.15, 0.2) is 60.7 Å². The summed E-state index contributed by atoms with van der Waals surface area (Å²) in [4.78, 5) is 0. The van der Waals surface area contributed by atoms with Crippen LogP contribution in [0.25, 0.3) is 11.1 Å². The minimum atomic E-state index is -3.74. The Hall–Kier alpha value is -3.23. The Morgan fingerprint density at radius 3 is 2.25 bits per heavy atom. The highest BCUT2D eigenvalue weighted by atomic mass is 19.3. The lowest BCUT2D eigenvalue weighted by Crippen LogP contribution is -2.22. The SMILES string of the molecule is COCCc1cc(-c2ccc(C(F)(F)Oc3ccc(N)cc3F)cc2)ccc1OCCO. The van der Waals surface area contributed by atoms with Crippen molar-refractivity contribution in [3.05, 3.63) is 77.6 Å². The first-order chi connectivity index (χ1) is 15.3. The van der Waals surface area contributed by atoms with E-state index in [1.54, 1.807) is 19.2 Å². The quantitative estimate of drug-likeness (QED) is 0.438. The van der Waals surface area contributed by atoms with Crippen molar-refractivity contribution in [3.8, 4) is 22.6 Å². The predicted octanol–water partition coefficient (Wildman–Crippen LogP) is 4.76. The largest absolute Gasteiger partial charge is 0.491 e. The van der Waals surface area contributed by atoms with Gasteiger partial charge in [0.15, 0.2) is 11.6 Å². The van der Waals surface area contributed by atoms with E-state index < -0.39 is 23.2 Å². The van der Waals surface area contributed by atoms with Gasteiger partial charge >= 0.3 is 6.11 Å². The van der Waals surface area contributed by atoms with E-state index in [1.807, 2.05) is 6.07 Å². The van der Waals surface area contributed by atoms with Crippen molar-refractivity contribution in [2.75, 3.05) is 32.7 Å². The molecular weight excluding hydrogens is 423 g/mol. The minimum Gasteiger partial charge on any atom is -0.491 e. The van der Waals surface area contributed by atoms with Gasteiger partial charge in [-0.15, -0.1) is 0 Å². The summed E-state index contributed by atoms with van der Waals surface area (Å²) in [6.45, 7) is 0.532. The summed E-state index contributed by atoms with van der Waals surface area (Å²) < 4.78 is 58.3. The molecule has 3 rings (SSSR count). The molecule has 0 amide bonds. The number of hydrogen-bond acceptors (Lipinski definition) is 5. The first-order valence-electron chi connectivity index (χ1n) is 9.92. The van der Waals surface area contributed by atoms with E-state index in [0.717, 1.165) is 23.3 Å². The van der Waals surface area contributed by atoms with Crippen LogP contribution in [0.1, 0.15) is 11.1 Å². The molecule has 0 saturated heterocycles. The lowest BCUT2D eigenvalue weighted by Gasteiger charge is -2.19. The van der Waals surface area contributed by atoms with Gasteiger partial charge in [0.05, 0.1) is 18.8 Å². The maximum absolute atomic E-state index is 14.6. The Morgan fingerprint density at radius 2 is 1.59 bits per heavy atom. The number of aliphatic hydroxyl groups is 1. The molecule has 0 spiro atoms. The van der Waals surface area contributed by atoms with E-state index >= 15 is 0 Å². The number of anilines is 1. The van der Waals surface area contributed by atoms with Crippen molar-refractivity contribution in [1.82, 2.24) is 0 Å². The molecule has 0 aromatic heterocycles. The van der Waals surface area contributed by atoms with Crippen LogP contribution < -0.4 is 15.2 Å². The van der Waals surface area contributed by atoms with E-state index in [2.05, 4.69) is 4.74 Å². The van der Waals surface area contributed by atoms with Crippen molar-refractivity contribution in [1.29, 1.82) is 0 Å². The zero-order chi connectivity index (χ0) is 23.1. The summed E-state index contributed by atoms with van der Waals surface area (Å²) in [5, 5.41) is 8.99. The minimum absolute atomic E-state index is 0.108. The van der Waals surface area contributed by atoms with Crippen molar-refractivity contribution in [2.45, 2.75) is 12.5 Å². The number of rotatable bonds is 10. The Balaban J connectivity index is 1.82. The lowest BCUT2D eigenvalue weighted by atomic mass is 10.00. The number of benzene rings is 3. The number of ether oxygens (including phenoxy) is 3. The van der Waals surface area contributed by atoms with Gasteiger partial charge in [0.1, 0.15) is 12.4 Å². The molecule has 8 heteroatoms. The Labute approximate surface area is 184 Å². The smallest absolute Gasteiger partial charge is 0.426 e. The van der Waals surface area contributed by atoms with Crippen LogP contribution in [0.2, 0.25) is 0 Å². The Kier molecular flexibility index (Phi) is 7.61. The van der Waals surface area contributed by atoms with E-state index in [9.17, 15) is 13.2 Å². The first-order valence-corrected chi connectivity index (χ1v) is 9.92. The lowest BCUT2D eigenvalue weighted by molar-refractivity contribution is -0.186. The fourth-order valence-corrected chi connectivity index (χ4v) is 3.12. The van der Waals surface area contributed by atoms with E-state index in [0.29, 0.717) is 24.3 Å². The maximum Gasteiger partial charge on any atom is 0.426 e. The van der Waals surface area contributed by atoms with Gasteiger partial charge in [-0.3, -0.25) is 0 Å². The summed E-state index contributed by atoms with van der Waals surface area (Å²) in [7, 11) is 1.59. The molecule has 0 saturated carbocycles. The fourth-order valence-electron chi connectivity index (χ4n) is 3.12. The van der Waals surface area contributed by atoms with Crippen LogP contribution in [0, 0.1) is 5.82 Å². The summed E-state index contributed by atoms with van der Waals surface area (Å²) in [6, 6.07) is 14.3. The molecule has 32 heavy (non-hydrogen) atoms. The average Bonchev–Trinajstić information content (AvgIpc) is 2.78. The van der Waals surface area contributed by atoms with Crippen LogP contribution in [-0.2, 0) is 17.3 Å². The average molecular weight is 447 g/mol. The number of methoxy groups -OCH3 is 1. The molecule has 3 aromatic rings. The molecule has 0 aliphatic heterocycles. The highest BCUT2D eigenvalue weighted by Crippen LogP contribution is 2.35. The standard InChI is InChI=1S/C24H24F3NO4/c1-30-12-10-18-14-17(4-8-22(18)31-13-11-29)16-2-5-19(6-3-16)24(26,27)32-23-9-7-20(28)15-21(23)25/h2-9,14-15,29H,10-13,28H2,1H3. The van der Waals surface area contributed by atoms with Gasteiger partial charge in [0.2, 0.25) is 0 Å². The Bertz CT molecular complexity index is 1040. The second-order valence-corrected chi connectivity index (χ2v) is 7.02. The molecule has 0 atom stereocenters. The van der Waals surface area contributed by atoms with Crippen molar-refractivity contribution >= 4 is 5.69 Å². The van der Waals surface area contributed by atoms with E-state index in [-0.39, 0.29) is 18.9 Å². The number of nitrogen functional groups attached to an aromatic ring is 1. The first kappa shape index (κ1) is 23.4. The molecule has 0 unspecified atom stereocenters. The molecule has 0 heterocycles. The van der Waals surface area contributed by atoms with Crippen LogP contribution in [0.4, 0.5) is 18.9 Å². The van der Waals surface area contributed by atoms with Crippen LogP contribution in [-0.4, -0.2) is 32.0 Å². The number of nitrogens with two attached hydrogens (primary N) is 1. The molecule has 170 valence electrons. The molecule has 0 fully saturated rings. The predicted molar refractivity (Wildman–Crippen MR) is 115 cm³/mol. The number of alkyl halides is 2. The molecule has 0 radical (unpaired) electrons. The second kappa shape index (κ2) is 10.4. The van der Waals surface area contributed by atoms with Gasteiger partial charge in [-0.1, -0.05) is 18.2 Å². The van der Waals surface area contributed by atoms with Gasteiger partial charge < -0.3 is 25.1 Å². The normalized spacial score (nSPS) is 11.4. The second-order valence-electron chi connectivity index (χ2n) is 7.02. The number of aliphatic hydroxyl groups excluding tert-OH is 1.